The number of hydrogen-bond donors (Lipinski definition) is 2. The first kappa shape index (κ1) is 14.3. The monoisotopic (exact) mass is 289 g/mol. The van der Waals surface area contributed by atoms with E-state index < -0.39 is 5.54 Å². The number of rotatable bonds is 4. The minimum Gasteiger partial charge on any atom is -0.350 e. The first-order valence-corrected chi connectivity index (χ1v) is 7.61. The van der Waals surface area contributed by atoms with E-state index in [1.807, 2.05) is 6.07 Å². The molecule has 0 spiro atoms. The average Bonchev–Trinajstić information content (AvgIpc) is 3.08. The van der Waals surface area contributed by atoms with E-state index in [4.69, 9.17) is 5.73 Å². The summed E-state index contributed by atoms with van der Waals surface area (Å²) in [7, 11) is 0. The molecule has 1 saturated heterocycles. The van der Waals surface area contributed by atoms with Gasteiger partial charge in [0.05, 0.1) is 11.6 Å². The summed E-state index contributed by atoms with van der Waals surface area (Å²) in [6, 6.07) is 1.92. The summed E-state index contributed by atoms with van der Waals surface area (Å²) in [5, 5.41) is 3.15. The number of nitrogens with two attached hydrogens (primary N) is 1. The highest BCUT2D eigenvalue weighted by Gasteiger charge is 2.48. The number of anilines is 1. The third kappa shape index (κ3) is 2.85. The van der Waals surface area contributed by atoms with Crippen LogP contribution in [0.5, 0.6) is 0 Å². The molecule has 1 saturated carbocycles. The summed E-state index contributed by atoms with van der Waals surface area (Å²) >= 11 is 0. The molecular formula is C15H23N5O. The van der Waals surface area contributed by atoms with Crippen LogP contribution in [0.4, 0.5) is 5.95 Å². The van der Waals surface area contributed by atoms with Gasteiger partial charge in [0.1, 0.15) is 0 Å². The molecule has 2 atom stereocenters. The van der Waals surface area contributed by atoms with Gasteiger partial charge in [0.2, 0.25) is 11.9 Å². The van der Waals surface area contributed by atoms with E-state index in [-0.39, 0.29) is 11.9 Å². The maximum Gasteiger partial charge on any atom is 0.240 e. The molecule has 114 valence electrons. The zero-order valence-electron chi connectivity index (χ0n) is 12.6. The second-order valence-electron chi connectivity index (χ2n) is 6.60. The maximum atomic E-state index is 12.2. The molecule has 1 aromatic rings. The van der Waals surface area contributed by atoms with Crippen molar-refractivity contribution in [1.29, 1.82) is 0 Å². The third-order valence-electron chi connectivity index (χ3n) is 4.61. The van der Waals surface area contributed by atoms with Crippen molar-refractivity contribution in [2.45, 2.75) is 38.3 Å². The molecule has 3 N–H and O–H groups in total. The number of aromatic nitrogens is 2. The molecule has 0 radical (unpaired) electrons. The van der Waals surface area contributed by atoms with Crippen molar-refractivity contribution in [2.24, 2.45) is 17.6 Å². The summed E-state index contributed by atoms with van der Waals surface area (Å²) in [6.45, 7) is 5.99. The molecule has 2 aliphatic rings. The summed E-state index contributed by atoms with van der Waals surface area (Å²) in [4.78, 5) is 23.0. The SMILES string of the molecule is CC(C)[C@@H]1CN(c2ncccn2)C[C@H]1NC(=O)C1(N)CC1. The van der Waals surface area contributed by atoms with E-state index in [1.165, 1.54) is 0 Å². The van der Waals surface area contributed by atoms with Crippen LogP contribution in [0, 0.1) is 11.8 Å². The summed E-state index contributed by atoms with van der Waals surface area (Å²) in [5.41, 5.74) is 5.37. The fourth-order valence-electron chi connectivity index (χ4n) is 2.95. The van der Waals surface area contributed by atoms with Gasteiger partial charge in [-0.15, -0.1) is 0 Å². The quantitative estimate of drug-likeness (QED) is 0.845. The molecular weight excluding hydrogens is 266 g/mol. The van der Waals surface area contributed by atoms with Gasteiger partial charge in [-0.3, -0.25) is 4.79 Å². The number of nitrogens with one attached hydrogen (secondary N) is 1. The van der Waals surface area contributed by atoms with E-state index in [1.54, 1.807) is 12.4 Å². The molecule has 6 nitrogen and oxygen atoms in total. The number of carbonyl (C=O) groups excluding carboxylic acids is 1. The van der Waals surface area contributed by atoms with Gasteiger partial charge in [0.15, 0.2) is 0 Å². The predicted molar refractivity (Wildman–Crippen MR) is 80.7 cm³/mol. The summed E-state index contributed by atoms with van der Waals surface area (Å²) in [5.74, 6) is 1.60. The van der Waals surface area contributed by atoms with Crippen LogP contribution in [0.3, 0.4) is 0 Å². The van der Waals surface area contributed by atoms with Crippen molar-refractivity contribution in [3.63, 3.8) is 0 Å². The Morgan fingerprint density at radius 2 is 2.05 bits per heavy atom. The maximum absolute atomic E-state index is 12.2. The van der Waals surface area contributed by atoms with Gasteiger partial charge < -0.3 is 16.0 Å². The molecule has 2 heterocycles. The van der Waals surface area contributed by atoms with E-state index in [9.17, 15) is 4.79 Å². The minimum absolute atomic E-state index is 0.00557. The Balaban J connectivity index is 1.71. The zero-order valence-corrected chi connectivity index (χ0v) is 12.6. The highest BCUT2D eigenvalue weighted by Crippen LogP contribution is 2.33. The van der Waals surface area contributed by atoms with Gasteiger partial charge in [0.25, 0.3) is 0 Å². The lowest BCUT2D eigenvalue weighted by Crippen LogP contribution is -2.50. The molecule has 1 aliphatic carbocycles. The van der Waals surface area contributed by atoms with Gasteiger partial charge in [-0.1, -0.05) is 13.8 Å². The van der Waals surface area contributed by atoms with Gasteiger partial charge in [0, 0.05) is 31.4 Å². The highest BCUT2D eigenvalue weighted by molar-refractivity contribution is 5.89. The van der Waals surface area contributed by atoms with E-state index >= 15 is 0 Å². The van der Waals surface area contributed by atoms with Crippen LogP contribution in [-0.4, -0.2) is 40.5 Å². The molecule has 2 fully saturated rings. The van der Waals surface area contributed by atoms with Crippen molar-refractivity contribution >= 4 is 11.9 Å². The van der Waals surface area contributed by atoms with Crippen LogP contribution in [0.2, 0.25) is 0 Å². The molecule has 0 unspecified atom stereocenters. The van der Waals surface area contributed by atoms with Crippen LogP contribution < -0.4 is 16.0 Å². The lowest BCUT2D eigenvalue weighted by molar-refractivity contribution is -0.124. The average molecular weight is 289 g/mol. The summed E-state index contributed by atoms with van der Waals surface area (Å²) < 4.78 is 0. The lowest BCUT2D eigenvalue weighted by Gasteiger charge is -2.24. The number of hydrogen-bond acceptors (Lipinski definition) is 5. The molecule has 21 heavy (non-hydrogen) atoms. The van der Waals surface area contributed by atoms with Gasteiger partial charge in [-0.05, 0) is 24.8 Å². The van der Waals surface area contributed by atoms with Crippen LogP contribution in [-0.2, 0) is 4.79 Å². The lowest BCUT2D eigenvalue weighted by atomic mass is 9.91. The van der Waals surface area contributed by atoms with Gasteiger partial charge in [-0.2, -0.15) is 0 Å². The first-order valence-electron chi connectivity index (χ1n) is 7.61. The summed E-state index contributed by atoms with van der Waals surface area (Å²) in [6.07, 6.45) is 5.09. The predicted octanol–water partition coefficient (Wildman–Crippen LogP) is 0.545. The third-order valence-corrected chi connectivity index (χ3v) is 4.61. The zero-order chi connectivity index (χ0) is 15.0. The topological polar surface area (TPSA) is 84.1 Å². The van der Waals surface area contributed by atoms with E-state index in [0.717, 1.165) is 31.9 Å². The molecule has 1 aromatic heterocycles. The fourth-order valence-corrected chi connectivity index (χ4v) is 2.95. The Labute approximate surface area is 125 Å². The normalized spacial score (nSPS) is 27.0. The Morgan fingerprint density at radius 3 is 2.62 bits per heavy atom. The molecule has 0 bridgehead atoms. The minimum atomic E-state index is -0.613. The second kappa shape index (κ2) is 5.26. The largest absolute Gasteiger partial charge is 0.350 e. The fraction of sp³-hybridized carbons (Fsp3) is 0.667. The number of carbonyl (C=O) groups is 1. The molecule has 3 rings (SSSR count). The smallest absolute Gasteiger partial charge is 0.240 e. The van der Waals surface area contributed by atoms with Crippen molar-refractivity contribution in [2.75, 3.05) is 18.0 Å². The van der Waals surface area contributed by atoms with E-state index in [2.05, 4.69) is 34.0 Å². The molecule has 0 aromatic carbocycles. The van der Waals surface area contributed by atoms with Gasteiger partial charge >= 0.3 is 0 Å². The van der Waals surface area contributed by atoms with Crippen molar-refractivity contribution in [3.8, 4) is 0 Å². The van der Waals surface area contributed by atoms with E-state index in [0.29, 0.717) is 11.8 Å². The van der Waals surface area contributed by atoms with Crippen LogP contribution in [0.15, 0.2) is 18.5 Å². The van der Waals surface area contributed by atoms with Crippen LogP contribution >= 0.6 is 0 Å². The van der Waals surface area contributed by atoms with Gasteiger partial charge in [-0.25, -0.2) is 9.97 Å². The molecule has 6 heteroatoms. The van der Waals surface area contributed by atoms with Crippen LogP contribution in [0.25, 0.3) is 0 Å². The van der Waals surface area contributed by atoms with Crippen LogP contribution in [0.1, 0.15) is 26.7 Å². The second-order valence-corrected chi connectivity index (χ2v) is 6.60. The number of nitrogens with zero attached hydrogens (tertiary/aromatic N) is 3. The Kier molecular flexibility index (Phi) is 3.57. The van der Waals surface area contributed by atoms with Crippen molar-refractivity contribution in [3.05, 3.63) is 18.5 Å². The number of amides is 1. The Bertz CT molecular complexity index is 514. The molecule has 1 amide bonds. The highest BCUT2D eigenvalue weighted by atomic mass is 16.2. The molecule has 1 aliphatic heterocycles. The Hall–Kier alpha value is -1.69. The first-order chi connectivity index (χ1) is 9.99. The van der Waals surface area contributed by atoms with Crippen molar-refractivity contribution < 1.29 is 4.79 Å². The standard InChI is InChI=1S/C15H23N5O/c1-10(2)11-8-20(14-17-6-3-7-18-14)9-12(11)19-13(21)15(16)4-5-15/h3,6-7,10-12H,4-5,8-9,16H2,1-2H3,(H,19,21)/t11-,12+/m0/s1. The van der Waals surface area contributed by atoms with Crippen molar-refractivity contribution in [1.82, 2.24) is 15.3 Å². The Morgan fingerprint density at radius 1 is 1.38 bits per heavy atom.